The minimum atomic E-state index is -1.19. The van der Waals surface area contributed by atoms with E-state index in [-0.39, 0.29) is 38.2 Å². The van der Waals surface area contributed by atoms with Crippen molar-refractivity contribution in [2.45, 2.75) is 13.0 Å². The number of amides is 2. The van der Waals surface area contributed by atoms with Gasteiger partial charge < -0.3 is 4.74 Å². The predicted octanol–water partition coefficient (Wildman–Crippen LogP) is 6.88. The van der Waals surface area contributed by atoms with Gasteiger partial charge in [0.2, 0.25) is 5.78 Å². The van der Waals surface area contributed by atoms with Gasteiger partial charge in [-0.25, -0.2) is 9.69 Å². The molecular weight excluding hydrogens is 525 g/mol. The molecule has 5 rings (SSSR count). The highest BCUT2D eigenvalue weighted by Gasteiger charge is 2.38. The van der Waals surface area contributed by atoms with Gasteiger partial charge in [-0.1, -0.05) is 89.9 Å². The summed E-state index contributed by atoms with van der Waals surface area (Å²) in [6.07, 6.45) is -1.19. The molecule has 1 aliphatic rings. The third-order valence-electron chi connectivity index (χ3n) is 6.24. The van der Waals surface area contributed by atoms with Crippen LogP contribution in [0.5, 0.6) is 0 Å². The zero-order chi connectivity index (χ0) is 27.0. The van der Waals surface area contributed by atoms with Crippen molar-refractivity contribution in [1.82, 2.24) is 0 Å². The Bertz CT molecular complexity index is 1560. The maximum absolute atomic E-state index is 13.3. The molecule has 8 heteroatoms. The molecule has 188 valence electrons. The number of fused-ring (bicyclic) bond motifs is 1. The van der Waals surface area contributed by atoms with Gasteiger partial charge in [0.25, 0.3) is 11.8 Å². The number of nitrogens with zero attached hydrogens (tertiary/aromatic N) is 1. The molecule has 0 saturated heterocycles. The number of anilines is 1. The molecule has 0 radical (unpaired) electrons. The topological polar surface area (TPSA) is 80.8 Å². The van der Waals surface area contributed by atoms with Crippen molar-refractivity contribution >= 4 is 52.5 Å². The number of Topliss-reactive ketones (excluding diaryl/α,β-unsaturated/α-hetero) is 1. The molecule has 4 aromatic carbocycles. The summed E-state index contributed by atoms with van der Waals surface area (Å²) in [6.45, 7) is 1.71. The van der Waals surface area contributed by atoms with Crippen LogP contribution in [0.1, 0.15) is 58.7 Å². The maximum Gasteiger partial charge on any atom is 0.339 e. The van der Waals surface area contributed by atoms with Crippen molar-refractivity contribution in [3.05, 3.63) is 134 Å². The van der Waals surface area contributed by atoms with Gasteiger partial charge in [0.15, 0.2) is 6.10 Å². The summed E-state index contributed by atoms with van der Waals surface area (Å²) in [7, 11) is 0. The van der Waals surface area contributed by atoms with E-state index in [1.54, 1.807) is 73.7 Å². The van der Waals surface area contributed by atoms with Crippen LogP contribution in [0.2, 0.25) is 10.0 Å². The lowest BCUT2D eigenvalue weighted by Crippen LogP contribution is -2.30. The first-order valence-corrected chi connectivity index (χ1v) is 12.4. The maximum atomic E-state index is 13.3. The molecule has 38 heavy (non-hydrogen) atoms. The van der Waals surface area contributed by atoms with Gasteiger partial charge in [-0.05, 0) is 36.8 Å². The summed E-state index contributed by atoms with van der Waals surface area (Å²) >= 11 is 12.1. The molecule has 4 aromatic rings. The Hall–Kier alpha value is -4.26. The van der Waals surface area contributed by atoms with Gasteiger partial charge >= 0.3 is 5.97 Å². The van der Waals surface area contributed by atoms with E-state index in [4.69, 9.17) is 27.9 Å². The number of hydrogen-bond acceptors (Lipinski definition) is 5. The molecule has 0 unspecified atom stereocenters. The monoisotopic (exact) mass is 543 g/mol. The number of aryl methyl sites for hydroxylation is 1. The molecule has 0 saturated carbocycles. The molecule has 0 N–H and O–H groups in total. The normalized spacial score (nSPS) is 13.3. The average Bonchev–Trinajstić information content (AvgIpc) is 3.16. The molecule has 1 heterocycles. The smallest absolute Gasteiger partial charge is 0.339 e. The highest BCUT2D eigenvalue weighted by atomic mass is 35.5. The molecule has 0 aromatic heterocycles. The standard InChI is InChI=1S/C30H19Cl2NO5/c1-17-12-13-20(14-25(17)33-28(35)21-15-23(31)24(32)16-22(21)29(33)36)30(37)38-27(19-10-6-3-7-11-19)26(34)18-8-4-2-5-9-18/h2-16,27H,1H3/t27-/m1/s1. The average molecular weight is 544 g/mol. The zero-order valence-corrected chi connectivity index (χ0v) is 21.5. The van der Waals surface area contributed by atoms with E-state index in [1.807, 2.05) is 0 Å². The van der Waals surface area contributed by atoms with Crippen LogP contribution in [-0.4, -0.2) is 23.6 Å². The number of hydrogen-bond donors (Lipinski definition) is 0. The van der Waals surface area contributed by atoms with Gasteiger partial charge in [-0.3, -0.25) is 14.4 Å². The number of carbonyl (C=O) groups is 4. The van der Waals surface area contributed by atoms with Crippen molar-refractivity contribution in [3.8, 4) is 0 Å². The van der Waals surface area contributed by atoms with E-state index in [2.05, 4.69) is 0 Å². The fraction of sp³-hybridized carbons (Fsp3) is 0.0667. The number of carbonyl (C=O) groups excluding carboxylic acids is 4. The lowest BCUT2D eigenvalue weighted by Gasteiger charge is -2.20. The van der Waals surface area contributed by atoms with E-state index in [0.717, 1.165) is 4.90 Å². The fourth-order valence-corrected chi connectivity index (χ4v) is 4.59. The summed E-state index contributed by atoms with van der Waals surface area (Å²) in [5.74, 6) is -2.34. The lowest BCUT2D eigenvalue weighted by atomic mass is 9.99. The van der Waals surface area contributed by atoms with Crippen molar-refractivity contribution in [3.63, 3.8) is 0 Å². The second-order valence-corrected chi connectivity index (χ2v) is 9.50. The quantitative estimate of drug-likeness (QED) is 0.150. The third kappa shape index (κ3) is 4.60. The van der Waals surface area contributed by atoms with Gasteiger partial charge in [-0.15, -0.1) is 0 Å². The van der Waals surface area contributed by atoms with Crippen molar-refractivity contribution < 1.29 is 23.9 Å². The number of rotatable bonds is 6. The molecule has 0 aliphatic carbocycles. The summed E-state index contributed by atoms with van der Waals surface area (Å²) < 4.78 is 5.73. The Labute approximate surface area is 228 Å². The summed E-state index contributed by atoms with van der Waals surface area (Å²) in [4.78, 5) is 53.9. The SMILES string of the molecule is Cc1ccc(C(=O)O[C@@H](C(=O)c2ccccc2)c2ccccc2)cc1N1C(=O)c2cc(Cl)c(Cl)cc2C1=O. The Morgan fingerprint density at radius 3 is 1.87 bits per heavy atom. The second kappa shape index (κ2) is 10.2. The Balaban J connectivity index is 1.48. The molecule has 1 aliphatic heterocycles. The van der Waals surface area contributed by atoms with E-state index < -0.39 is 23.9 Å². The van der Waals surface area contributed by atoms with E-state index in [9.17, 15) is 19.2 Å². The number of imide groups is 1. The first kappa shape index (κ1) is 25.4. The minimum Gasteiger partial charge on any atom is -0.445 e. The van der Waals surface area contributed by atoms with E-state index in [0.29, 0.717) is 16.7 Å². The van der Waals surface area contributed by atoms with Gasteiger partial charge in [0.05, 0.1) is 32.4 Å². The van der Waals surface area contributed by atoms with Crippen LogP contribution in [0.25, 0.3) is 0 Å². The molecular formula is C30H19Cl2NO5. The van der Waals surface area contributed by atoms with Crippen LogP contribution >= 0.6 is 23.2 Å². The number of ether oxygens (including phenoxy) is 1. The number of esters is 1. The third-order valence-corrected chi connectivity index (χ3v) is 6.96. The second-order valence-electron chi connectivity index (χ2n) is 8.69. The van der Waals surface area contributed by atoms with E-state index >= 15 is 0 Å². The molecule has 0 bridgehead atoms. The van der Waals surface area contributed by atoms with Gasteiger partial charge in [0.1, 0.15) is 0 Å². The molecule has 2 amide bonds. The highest BCUT2D eigenvalue weighted by molar-refractivity contribution is 6.44. The number of ketones is 1. The van der Waals surface area contributed by atoms with Crippen LogP contribution in [0.3, 0.4) is 0 Å². The number of benzene rings is 4. The van der Waals surface area contributed by atoms with Gasteiger partial charge in [0, 0.05) is 11.1 Å². The van der Waals surface area contributed by atoms with Crippen molar-refractivity contribution in [2.24, 2.45) is 0 Å². The Morgan fingerprint density at radius 2 is 1.29 bits per heavy atom. The van der Waals surface area contributed by atoms with Crippen molar-refractivity contribution in [2.75, 3.05) is 4.90 Å². The van der Waals surface area contributed by atoms with E-state index in [1.165, 1.54) is 24.3 Å². The van der Waals surface area contributed by atoms with Gasteiger partial charge in [-0.2, -0.15) is 0 Å². The van der Waals surface area contributed by atoms with Crippen LogP contribution in [0.4, 0.5) is 5.69 Å². The Kier molecular flexibility index (Phi) is 6.85. The fourth-order valence-electron chi connectivity index (χ4n) is 4.26. The molecule has 1 atom stereocenters. The zero-order valence-electron chi connectivity index (χ0n) is 20.0. The van der Waals surface area contributed by atoms with Crippen LogP contribution in [0.15, 0.2) is 91.0 Å². The lowest BCUT2D eigenvalue weighted by molar-refractivity contribution is 0.0280. The van der Waals surface area contributed by atoms with Crippen molar-refractivity contribution in [1.29, 1.82) is 0 Å². The largest absolute Gasteiger partial charge is 0.445 e. The number of halogens is 2. The minimum absolute atomic E-state index is 0.0695. The predicted molar refractivity (Wildman–Crippen MR) is 144 cm³/mol. The van der Waals surface area contributed by atoms with Crippen LogP contribution < -0.4 is 4.90 Å². The van der Waals surface area contributed by atoms with Crippen LogP contribution in [-0.2, 0) is 4.74 Å². The van der Waals surface area contributed by atoms with Crippen LogP contribution in [0, 0.1) is 6.92 Å². The first-order chi connectivity index (χ1) is 18.3. The summed E-state index contributed by atoms with van der Waals surface area (Å²) in [5.41, 5.74) is 2.00. The first-order valence-electron chi connectivity index (χ1n) is 11.6. The molecule has 0 spiro atoms. The molecule has 0 fully saturated rings. The highest BCUT2D eigenvalue weighted by Crippen LogP contribution is 2.36. The molecule has 6 nitrogen and oxygen atoms in total. The summed E-state index contributed by atoms with van der Waals surface area (Å²) in [6, 6.07) is 24.5. The summed E-state index contributed by atoms with van der Waals surface area (Å²) in [5, 5.41) is 0.301. The Morgan fingerprint density at radius 1 is 0.737 bits per heavy atom.